The standard InChI is InChI=1S/C24H32ClN5O2/c1-4-18-12-19(9-14(2)30(18)22(31)10-16-5-6-16)32-24-15(3)23(27-13-28-24)29-21-8-7-17(26)11-20(21)25/h7-8,11,13-14,16,18-19H,4-6,9-10,12,26H2,1-3H3,(H,27,28,29)/t14?,18?,19-/m1/s1. The highest BCUT2D eigenvalue weighted by molar-refractivity contribution is 6.33. The van der Waals surface area contributed by atoms with E-state index in [2.05, 4.69) is 34.0 Å². The number of halogens is 1. The number of carbonyl (C=O) groups is 1. The van der Waals surface area contributed by atoms with Crippen LogP contribution >= 0.6 is 11.6 Å². The van der Waals surface area contributed by atoms with Gasteiger partial charge < -0.3 is 20.7 Å². The van der Waals surface area contributed by atoms with Gasteiger partial charge in [0, 0.05) is 37.0 Å². The van der Waals surface area contributed by atoms with E-state index in [-0.39, 0.29) is 18.2 Å². The van der Waals surface area contributed by atoms with Crippen molar-refractivity contribution in [1.82, 2.24) is 14.9 Å². The molecule has 8 heteroatoms. The lowest BCUT2D eigenvalue weighted by Gasteiger charge is -2.43. The summed E-state index contributed by atoms with van der Waals surface area (Å²) in [4.78, 5) is 23.7. The first-order valence-corrected chi connectivity index (χ1v) is 11.8. The van der Waals surface area contributed by atoms with Crippen molar-refractivity contribution < 1.29 is 9.53 Å². The van der Waals surface area contributed by atoms with Crippen LogP contribution < -0.4 is 15.8 Å². The number of nitrogens with one attached hydrogen (secondary N) is 1. The average Bonchev–Trinajstić information content (AvgIpc) is 3.56. The van der Waals surface area contributed by atoms with Crippen molar-refractivity contribution in [3.8, 4) is 5.88 Å². The Balaban J connectivity index is 1.45. The van der Waals surface area contributed by atoms with Crippen molar-refractivity contribution in [1.29, 1.82) is 0 Å². The Bertz CT molecular complexity index is 981. The Morgan fingerprint density at radius 2 is 2.09 bits per heavy atom. The van der Waals surface area contributed by atoms with Crippen molar-refractivity contribution in [2.75, 3.05) is 11.1 Å². The third kappa shape index (κ3) is 5.09. The molecule has 2 heterocycles. The lowest BCUT2D eigenvalue weighted by atomic mass is 9.91. The summed E-state index contributed by atoms with van der Waals surface area (Å²) >= 11 is 6.30. The smallest absolute Gasteiger partial charge is 0.223 e. The third-order valence-electron chi connectivity index (χ3n) is 6.49. The highest BCUT2D eigenvalue weighted by Crippen LogP contribution is 2.36. The number of nitrogens with two attached hydrogens (primary N) is 1. The lowest BCUT2D eigenvalue weighted by molar-refractivity contribution is -0.140. The van der Waals surface area contributed by atoms with Crippen LogP contribution in [0.2, 0.25) is 5.02 Å². The van der Waals surface area contributed by atoms with Crippen LogP contribution in [0, 0.1) is 12.8 Å². The SMILES string of the molecule is CCC1C[C@H](Oc2ncnc(Nc3ccc(N)cc3Cl)c2C)CC(C)N1C(=O)CC1CC1. The van der Waals surface area contributed by atoms with Gasteiger partial charge in [0.15, 0.2) is 0 Å². The van der Waals surface area contributed by atoms with Gasteiger partial charge in [0.1, 0.15) is 18.2 Å². The first kappa shape index (κ1) is 22.6. The molecular formula is C24H32ClN5O2. The maximum atomic E-state index is 12.9. The Morgan fingerprint density at radius 3 is 2.78 bits per heavy atom. The van der Waals surface area contributed by atoms with Crippen LogP contribution in [-0.4, -0.2) is 39.0 Å². The molecule has 4 rings (SSSR count). The van der Waals surface area contributed by atoms with Gasteiger partial charge in [-0.05, 0) is 57.2 Å². The fourth-order valence-corrected chi connectivity index (χ4v) is 4.78. The zero-order valence-electron chi connectivity index (χ0n) is 19.0. The average molecular weight is 458 g/mol. The molecular weight excluding hydrogens is 426 g/mol. The van der Waals surface area contributed by atoms with E-state index in [0.717, 1.165) is 30.5 Å². The minimum absolute atomic E-state index is 0.00138. The van der Waals surface area contributed by atoms with E-state index in [4.69, 9.17) is 22.1 Å². The maximum absolute atomic E-state index is 12.9. The summed E-state index contributed by atoms with van der Waals surface area (Å²) in [5.74, 6) is 2.10. The van der Waals surface area contributed by atoms with E-state index in [1.807, 2.05) is 13.0 Å². The van der Waals surface area contributed by atoms with Gasteiger partial charge in [0.25, 0.3) is 0 Å². The predicted molar refractivity (Wildman–Crippen MR) is 127 cm³/mol. The zero-order valence-corrected chi connectivity index (χ0v) is 19.7. The number of nitrogens with zero attached hydrogens (tertiary/aromatic N) is 3. The highest BCUT2D eigenvalue weighted by atomic mass is 35.5. The second-order valence-corrected chi connectivity index (χ2v) is 9.49. The number of rotatable bonds is 7. The molecule has 0 spiro atoms. The van der Waals surface area contributed by atoms with Gasteiger partial charge in [-0.15, -0.1) is 0 Å². The van der Waals surface area contributed by atoms with E-state index < -0.39 is 0 Å². The number of benzene rings is 1. The molecule has 2 fully saturated rings. The first-order valence-electron chi connectivity index (χ1n) is 11.5. The van der Waals surface area contributed by atoms with Crippen LogP contribution in [0.15, 0.2) is 24.5 Å². The number of nitrogen functional groups attached to an aromatic ring is 1. The first-order chi connectivity index (χ1) is 15.4. The van der Waals surface area contributed by atoms with Gasteiger partial charge in [-0.3, -0.25) is 4.79 Å². The summed E-state index contributed by atoms with van der Waals surface area (Å²) in [5, 5.41) is 3.77. The van der Waals surface area contributed by atoms with Crippen LogP contribution in [-0.2, 0) is 4.79 Å². The molecule has 1 aliphatic carbocycles. The summed E-state index contributed by atoms with van der Waals surface area (Å²) in [6, 6.07) is 5.65. The molecule has 1 aromatic carbocycles. The molecule has 1 saturated heterocycles. The number of likely N-dealkylation sites (tertiary alicyclic amines) is 1. The molecule has 1 amide bonds. The normalized spacial score (nSPS) is 23.1. The zero-order chi connectivity index (χ0) is 22.8. The van der Waals surface area contributed by atoms with Gasteiger partial charge in [-0.1, -0.05) is 18.5 Å². The minimum Gasteiger partial charge on any atom is -0.474 e. The molecule has 1 aromatic heterocycles. The monoisotopic (exact) mass is 457 g/mol. The van der Waals surface area contributed by atoms with Crippen LogP contribution in [0.5, 0.6) is 5.88 Å². The summed E-state index contributed by atoms with van der Waals surface area (Å²) in [6.45, 7) is 6.20. The molecule has 172 valence electrons. The van der Waals surface area contributed by atoms with Crippen molar-refractivity contribution in [3.05, 3.63) is 35.1 Å². The molecule has 1 aliphatic heterocycles. The van der Waals surface area contributed by atoms with E-state index in [1.165, 1.54) is 19.2 Å². The number of aromatic nitrogens is 2. The molecule has 1 saturated carbocycles. The molecule has 2 unspecified atom stereocenters. The molecule has 3 N–H and O–H groups in total. The van der Waals surface area contributed by atoms with Gasteiger partial charge in [0.05, 0.1) is 16.3 Å². The van der Waals surface area contributed by atoms with E-state index in [1.54, 1.807) is 12.1 Å². The van der Waals surface area contributed by atoms with Crippen LogP contribution in [0.4, 0.5) is 17.2 Å². The summed E-state index contributed by atoms with van der Waals surface area (Å²) in [6.07, 6.45) is 7.11. The van der Waals surface area contributed by atoms with Gasteiger partial charge in [-0.25, -0.2) is 9.97 Å². The Kier molecular flexibility index (Phi) is 6.74. The topological polar surface area (TPSA) is 93.4 Å². The fraction of sp³-hybridized carbons (Fsp3) is 0.542. The van der Waals surface area contributed by atoms with E-state index in [9.17, 15) is 4.79 Å². The Hall–Kier alpha value is -2.54. The Labute approximate surface area is 194 Å². The lowest BCUT2D eigenvalue weighted by Crippen LogP contribution is -2.53. The largest absolute Gasteiger partial charge is 0.474 e. The summed E-state index contributed by atoms with van der Waals surface area (Å²) in [7, 11) is 0. The predicted octanol–water partition coefficient (Wildman–Crippen LogP) is 5.10. The summed E-state index contributed by atoms with van der Waals surface area (Å²) < 4.78 is 6.36. The summed E-state index contributed by atoms with van der Waals surface area (Å²) in [5.41, 5.74) is 7.92. The number of hydrogen-bond acceptors (Lipinski definition) is 6. The van der Waals surface area contributed by atoms with Gasteiger partial charge in [-0.2, -0.15) is 0 Å². The highest BCUT2D eigenvalue weighted by Gasteiger charge is 2.38. The number of ether oxygens (including phenoxy) is 1. The fourth-order valence-electron chi connectivity index (χ4n) is 4.55. The molecule has 32 heavy (non-hydrogen) atoms. The van der Waals surface area contributed by atoms with Crippen LogP contribution in [0.1, 0.15) is 57.9 Å². The number of piperidine rings is 1. The molecule has 2 aromatic rings. The van der Waals surface area contributed by atoms with Crippen molar-refractivity contribution in [3.63, 3.8) is 0 Å². The third-order valence-corrected chi connectivity index (χ3v) is 6.80. The second-order valence-electron chi connectivity index (χ2n) is 9.09. The number of anilines is 3. The van der Waals surface area contributed by atoms with Gasteiger partial charge in [0.2, 0.25) is 11.8 Å². The molecule has 0 bridgehead atoms. The Morgan fingerprint density at radius 1 is 1.31 bits per heavy atom. The number of hydrogen-bond donors (Lipinski definition) is 2. The van der Waals surface area contributed by atoms with Crippen LogP contribution in [0.3, 0.4) is 0 Å². The van der Waals surface area contributed by atoms with Gasteiger partial charge >= 0.3 is 0 Å². The number of amides is 1. The molecule has 7 nitrogen and oxygen atoms in total. The molecule has 3 atom stereocenters. The maximum Gasteiger partial charge on any atom is 0.223 e. The quantitative estimate of drug-likeness (QED) is 0.561. The van der Waals surface area contributed by atoms with Crippen molar-refractivity contribution in [2.24, 2.45) is 5.92 Å². The second kappa shape index (κ2) is 9.53. The van der Waals surface area contributed by atoms with Crippen molar-refractivity contribution in [2.45, 2.75) is 77.5 Å². The van der Waals surface area contributed by atoms with E-state index in [0.29, 0.717) is 40.7 Å². The minimum atomic E-state index is 0.00138. The van der Waals surface area contributed by atoms with Crippen molar-refractivity contribution >= 4 is 34.7 Å². The molecule has 2 aliphatic rings. The molecule has 0 radical (unpaired) electrons. The van der Waals surface area contributed by atoms with E-state index >= 15 is 0 Å². The number of carbonyl (C=O) groups excluding carboxylic acids is 1. The van der Waals surface area contributed by atoms with Crippen LogP contribution in [0.25, 0.3) is 0 Å².